The first-order valence-corrected chi connectivity index (χ1v) is 5.83. The van der Waals surface area contributed by atoms with Gasteiger partial charge in [-0.2, -0.15) is 0 Å². The van der Waals surface area contributed by atoms with Crippen molar-refractivity contribution in [3.05, 3.63) is 18.1 Å². The maximum Gasteiger partial charge on any atom is 0.274 e. The van der Waals surface area contributed by atoms with Crippen molar-refractivity contribution in [1.82, 2.24) is 14.9 Å². The Morgan fingerprint density at radius 3 is 2.56 bits per heavy atom. The van der Waals surface area contributed by atoms with Gasteiger partial charge >= 0.3 is 0 Å². The van der Waals surface area contributed by atoms with E-state index in [2.05, 4.69) is 15.4 Å². The van der Waals surface area contributed by atoms with Gasteiger partial charge in [0, 0.05) is 13.1 Å². The van der Waals surface area contributed by atoms with Crippen LogP contribution in [0.2, 0.25) is 0 Å². The molecular weight excluding hydrogens is 234 g/mol. The first-order valence-electron chi connectivity index (χ1n) is 5.83. The van der Waals surface area contributed by atoms with E-state index in [4.69, 9.17) is 10.6 Å². The summed E-state index contributed by atoms with van der Waals surface area (Å²) >= 11 is 0. The Kier molecular flexibility index (Phi) is 3.73. The summed E-state index contributed by atoms with van der Waals surface area (Å²) < 4.78 is 5.58. The average molecular weight is 251 g/mol. The van der Waals surface area contributed by atoms with E-state index in [1.54, 1.807) is 4.90 Å². The minimum atomic E-state index is -0.131. The second kappa shape index (κ2) is 5.28. The van der Waals surface area contributed by atoms with Crippen LogP contribution in [0.1, 0.15) is 24.3 Å². The highest BCUT2D eigenvalue weighted by molar-refractivity contribution is 5.92. The fraction of sp³-hybridized carbons (Fsp3) is 0.545. The molecule has 1 aromatic rings. The van der Waals surface area contributed by atoms with Gasteiger partial charge < -0.3 is 15.1 Å². The number of anilines is 1. The fourth-order valence-corrected chi connectivity index (χ4v) is 2.02. The SMILES string of the molecule is C[C@@H]1CN(C(=O)c2cnc(NN)cn2)C[C@H](C)O1. The van der Waals surface area contributed by atoms with Gasteiger partial charge in [-0.25, -0.2) is 15.8 Å². The van der Waals surface area contributed by atoms with Gasteiger partial charge in [-0.05, 0) is 13.8 Å². The Bertz CT molecular complexity index is 412. The van der Waals surface area contributed by atoms with Crippen LogP contribution in [-0.4, -0.2) is 46.1 Å². The molecule has 18 heavy (non-hydrogen) atoms. The summed E-state index contributed by atoms with van der Waals surface area (Å²) in [7, 11) is 0. The summed E-state index contributed by atoms with van der Waals surface area (Å²) in [6.07, 6.45) is 2.93. The molecule has 2 rings (SSSR count). The maximum atomic E-state index is 12.2. The molecule has 2 atom stereocenters. The normalized spacial score (nSPS) is 23.8. The van der Waals surface area contributed by atoms with Crippen molar-refractivity contribution in [2.24, 2.45) is 5.84 Å². The van der Waals surface area contributed by atoms with Gasteiger partial charge in [0.15, 0.2) is 5.82 Å². The summed E-state index contributed by atoms with van der Waals surface area (Å²) in [6.45, 7) is 5.04. The topological polar surface area (TPSA) is 93.4 Å². The van der Waals surface area contributed by atoms with Crippen molar-refractivity contribution < 1.29 is 9.53 Å². The van der Waals surface area contributed by atoms with Crippen molar-refractivity contribution in [3.8, 4) is 0 Å². The largest absolute Gasteiger partial charge is 0.372 e. The average Bonchev–Trinajstić information content (AvgIpc) is 2.37. The van der Waals surface area contributed by atoms with Crippen LogP contribution in [0.25, 0.3) is 0 Å². The standard InChI is InChI=1S/C11H17N5O2/c1-7-5-16(6-8(2)18-7)11(17)9-3-14-10(15-12)4-13-9/h3-4,7-8H,5-6,12H2,1-2H3,(H,14,15)/t7-,8+. The molecule has 7 heteroatoms. The number of hydrogen-bond acceptors (Lipinski definition) is 6. The van der Waals surface area contributed by atoms with Crippen LogP contribution in [0, 0.1) is 0 Å². The van der Waals surface area contributed by atoms with Gasteiger partial charge in [-0.15, -0.1) is 0 Å². The predicted octanol–water partition coefficient (Wildman–Crippen LogP) is 0.0116. The van der Waals surface area contributed by atoms with E-state index in [0.29, 0.717) is 24.6 Å². The first kappa shape index (κ1) is 12.7. The fourth-order valence-electron chi connectivity index (χ4n) is 2.02. The van der Waals surface area contributed by atoms with Crippen molar-refractivity contribution in [1.29, 1.82) is 0 Å². The number of nitrogen functional groups attached to an aromatic ring is 1. The number of carbonyl (C=O) groups is 1. The molecule has 7 nitrogen and oxygen atoms in total. The van der Waals surface area contributed by atoms with E-state index < -0.39 is 0 Å². The zero-order valence-electron chi connectivity index (χ0n) is 10.5. The van der Waals surface area contributed by atoms with Gasteiger partial charge in [-0.3, -0.25) is 4.79 Å². The van der Waals surface area contributed by atoms with E-state index in [-0.39, 0.29) is 18.1 Å². The van der Waals surface area contributed by atoms with Gasteiger partial charge in [0.25, 0.3) is 5.91 Å². The first-order chi connectivity index (χ1) is 8.60. The highest BCUT2D eigenvalue weighted by Crippen LogP contribution is 2.13. The number of nitrogens with one attached hydrogen (secondary N) is 1. The molecule has 1 fully saturated rings. The van der Waals surface area contributed by atoms with Crippen LogP contribution in [0.4, 0.5) is 5.82 Å². The maximum absolute atomic E-state index is 12.2. The van der Waals surface area contributed by atoms with E-state index in [1.807, 2.05) is 13.8 Å². The van der Waals surface area contributed by atoms with Crippen LogP contribution in [0.5, 0.6) is 0 Å². The quantitative estimate of drug-likeness (QED) is 0.568. The lowest BCUT2D eigenvalue weighted by Gasteiger charge is -2.35. The second-order valence-electron chi connectivity index (χ2n) is 4.40. The van der Waals surface area contributed by atoms with E-state index in [0.717, 1.165) is 0 Å². The summed E-state index contributed by atoms with van der Waals surface area (Å²) in [4.78, 5) is 22.0. The molecule has 0 radical (unpaired) electrons. The minimum Gasteiger partial charge on any atom is -0.372 e. The van der Waals surface area contributed by atoms with Gasteiger partial charge in [-0.1, -0.05) is 0 Å². The predicted molar refractivity (Wildman–Crippen MR) is 65.8 cm³/mol. The zero-order chi connectivity index (χ0) is 13.1. The summed E-state index contributed by atoms with van der Waals surface area (Å²) in [5, 5.41) is 0. The molecule has 3 N–H and O–H groups in total. The number of amides is 1. The molecule has 0 aromatic carbocycles. The minimum absolute atomic E-state index is 0.0376. The number of ether oxygens (including phenoxy) is 1. The number of morpholine rings is 1. The number of carbonyl (C=O) groups excluding carboxylic acids is 1. The van der Waals surface area contributed by atoms with E-state index in [1.165, 1.54) is 12.4 Å². The summed E-state index contributed by atoms with van der Waals surface area (Å²) in [5.41, 5.74) is 2.68. The summed E-state index contributed by atoms with van der Waals surface area (Å²) in [6, 6.07) is 0. The van der Waals surface area contributed by atoms with E-state index >= 15 is 0 Å². The summed E-state index contributed by atoms with van der Waals surface area (Å²) in [5.74, 6) is 5.49. The van der Waals surface area contributed by atoms with Crippen molar-refractivity contribution in [3.63, 3.8) is 0 Å². The number of hydrogen-bond donors (Lipinski definition) is 2. The Balaban J connectivity index is 2.09. The third-order valence-corrected chi connectivity index (χ3v) is 2.73. The molecule has 1 saturated heterocycles. The Hall–Kier alpha value is -1.73. The Morgan fingerprint density at radius 1 is 1.39 bits per heavy atom. The third kappa shape index (κ3) is 2.74. The van der Waals surface area contributed by atoms with E-state index in [9.17, 15) is 4.79 Å². The molecular formula is C11H17N5O2. The highest BCUT2D eigenvalue weighted by Gasteiger charge is 2.27. The lowest BCUT2D eigenvalue weighted by Crippen LogP contribution is -2.48. The zero-order valence-corrected chi connectivity index (χ0v) is 10.5. The molecule has 2 heterocycles. The van der Waals surface area contributed by atoms with Crippen molar-refractivity contribution in [2.45, 2.75) is 26.1 Å². The lowest BCUT2D eigenvalue weighted by molar-refractivity contribution is -0.0587. The number of nitrogens with two attached hydrogens (primary N) is 1. The molecule has 0 aliphatic carbocycles. The smallest absolute Gasteiger partial charge is 0.274 e. The van der Waals surface area contributed by atoms with Gasteiger partial charge in [0.05, 0.1) is 24.6 Å². The van der Waals surface area contributed by atoms with Crippen LogP contribution in [-0.2, 0) is 4.74 Å². The molecule has 98 valence electrons. The van der Waals surface area contributed by atoms with Crippen LogP contribution in [0.3, 0.4) is 0 Å². The lowest BCUT2D eigenvalue weighted by atomic mass is 10.2. The molecule has 0 saturated carbocycles. The Morgan fingerprint density at radius 2 is 2.06 bits per heavy atom. The van der Waals surface area contributed by atoms with Crippen molar-refractivity contribution >= 4 is 11.7 Å². The molecule has 0 unspecified atom stereocenters. The Labute approximate surface area is 105 Å². The molecule has 1 aliphatic rings. The second-order valence-corrected chi connectivity index (χ2v) is 4.40. The van der Waals surface area contributed by atoms with Gasteiger partial charge in [0.1, 0.15) is 5.69 Å². The van der Waals surface area contributed by atoms with Crippen LogP contribution >= 0.6 is 0 Å². The number of hydrazine groups is 1. The number of rotatable bonds is 2. The molecule has 1 aliphatic heterocycles. The number of aromatic nitrogens is 2. The van der Waals surface area contributed by atoms with Crippen LogP contribution in [0.15, 0.2) is 12.4 Å². The van der Waals surface area contributed by atoms with Crippen molar-refractivity contribution in [2.75, 3.05) is 18.5 Å². The van der Waals surface area contributed by atoms with Gasteiger partial charge in [0.2, 0.25) is 0 Å². The van der Waals surface area contributed by atoms with Crippen LogP contribution < -0.4 is 11.3 Å². The molecule has 0 bridgehead atoms. The molecule has 1 aromatic heterocycles. The molecule has 0 spiro atoms. The number of nitrogens with zero attached hydrogens (tertiary/aromatic N) is 3. The third-order valence-electron chi connectivity index (χ3n) is 2.73. The highest BCUT2D eigenvalue weighted by atomic mass is 16.5. The monoisotopic (exact) mass is 251 g/mol. The molecule has 1 amide bonds.